The Hall–Kier alpha value is -1.59. The van der Waals surface area contributed by atoms with Gasteiger partial charge in [0.1, 0.15) is 5.75 Å². The van der Waals surface area contributed by atoms with E-state index in [-0.39, 0.29) is 6.61 Å². The molecule has 0 saturated carbocycles. The van der Waals surface area contributed by atoms with Crippen molar-refractivity contribution in [1.82, 2.24) is 4.98 Å². The van der Waals surface area contributed by atoms with E-state index in [1.807, 2.05) is 24.3 Å². The zero-order chi connectivity index (χ0) is 12.3. The average Bonchev–Trinajstić information content (AvgIpc) is 2.82. The summed E-state index contributed by atoms with van der Waals surface area (Å²) in [5.74, 6) is 0.762. The van der Waals surface area contributed by atoms with E-state index < -0.39 is 0 Å². The summed E-state index contributed by atoms with van der Waals surface area (Å²) < 4.78 is 10.2. The Labute approximate surface area is 103 Å². The number of methoxy groups -OCH3 is 2. The number of hydrogen-bond acceptors (Lipinski definition) is 5. The molecule has 2 aromatic rings. The standard InChI is InChI=1S/C12H13NO3S/c1-15-9-5-3-4-8(6-9)11-10(7-14)17-12(13-11)16-2/h3-6,14H,7H2,1-2H3. The largest absolute Gasteiger partial charge is 0.497 e. The van der Waals surface area contributed by atoms with E-state index in [1.165, 1.54) is 11.3 Å². The Morgan fingerprint density at radius 1 is 1.29 bits per heavy atom. The molecule has 1 aromatic heterocycles. The molecule has 2 rings (SSSR count). The van der Waals surface area contributed by atoms with Gasteiger partial charge in [-0.3, -0.25) is 0 Å². The molecule has 1 aromatic carbocycles. The molecule has 0 fully saturated rings. The normalized spacial score (nSPS) is 10.3. The van der Waals surface area contributed by atoms with Crippen LogP contribution in [0.15, 0.2) is 24.3 Å². The van der Waals surface area contributed by atoms with Crippen molar-refractivity contribution in [2.45, 2.75) is 6.61 Å². The van der Waals surface area contributed by atoms with Gasteiger partial charge in [0.05, 0.1) is 31.4 Å². The van der Waals surface area contributed by atoms with Gasteiger partial charge >= 0.3 is 0 Å². The van der Waals surface area contributed by atoms with Gasteiger partial charge in [0.25, 0.3) is 5.19 Å². The highest BCUT2D eigenvalue weighted by atomic mass is 32.1. The van der Waals surface area contributed by atoms with Gasteiger partial charge in [0.15, 0.2) is 0 Å². The highest BCUT2D eigenvalue weighted by Crippen LogP contribution is 2.33. The first kappa shape index (κ1) is 11.9. The monoisotopic (exact) mass is 251 g/mol. The van der Waals surface area contributed by atoms with E-state index in [0.717, 1.165) is 21.9 Å². The van der Waals surface area contributed by atoms with E-state index in [0.29, 0.717) is 5.19 Å². The van der Waals surface area contributed by atoms with Crippen molar-refractivity contribution in [1.29, 1.82) is 0 Å². The molecule has 0 unspecified atom stereocenters. The quantitative estimate of drug-likeness (QED) is 0.906. The first-order chi connectivity index (χ1) is 8.28. The Morgan fingerprint density at radius 3 is 2.76 bits per heavy atom. The fourth-order valence-corrected chi connectivity index (χ4v) is 2.28. The summed E-state index contributed by atoms with van der Waals surface area (Å²) in [6.45, 7) is -0.0480. The Bertz CT molecular complexity index is 510. The van der Waals surface area contributed by atoms with Crippen molar-refractivity contribution >= 4 is 11.3 Å². The van der Waals surface area contributed by atoms with Gasteiger partial charge in [-0.1, -0.05) is 23.5 Å². The molecule has 0 radical (unpaired) electrons. The second-order valence-corrected chi connectivity index (χ2v) is 4.39. The molecule has 0 amide bonds. The van der Waals surface area contributed by atoms with Gasteiger partial charge in [0, 0.05) is 5.56 Å². The molecule has 17 heavy (non-hydrogen) atoms. The minimum atomic E-state index is -0.0480. The minimum Gasteiger partial charge on any atom is -0.497 e. The smallest absolute Gasteiger partial charge is 0.273 e. The van der Waals surface area contributed by atoms with Gasteiger partial charge < -0.3 is 14.6 Å². The second kappa shape index (κ2) is 5.16. The van der Waals surface area contributed by atoms with Crippen molar-refractivity contribution < 1.29 is 14.6 Å². The highest BCUT2D eigenvalue weighted by Gasteiger charge is 2.13. The number of ether oxygens (including phenoxy) is 2. The summed E-state index contributed by atoms with van der Waals surface area (Å²) >= 11 is 1.34. The Morgan fingerprint density at radius 2 is 2.12 bits per heavy atom. The molecule has 0 aliphatic heterocycles. The molecule has 0 atom stereocenters. The summed E-state index contributed by atoms with van der Waals surface area (Å²) in [6.07, 6.45) is 0. The lowest BCUT2D eigenvalue weighted by Gasteiger charge is -2.03. The predicted octanol–water partition coefficient (Wildman–Crippen LogP) is 2.32. The van der Waals surface area contributed by atoms with Crippen LogP contribution in [0.25, 0.3) is 11.3 Å². The molecule has 0 bridgehead atoms. The molecular weight excluding hydrogens is 238 g/mol. The lowest BCUT2D eigenvalue weighted by molar-refractivity contribution is 0.286. The molecule has 1 N–H and O–H groups in total. The van der Waals surface area contributed by atoms with Crippen molar-refractivity contribution in [3.05, 3.63) is 29.1 Å². The first-order valence-corrected chi connectivity index (χ1v) is 5.89. The van der Waals surface area contributed by atoms with Crippen LogP contribution in [-0.2, 0) is 6.61 Å². The number of aromatic nitrogens is 1. The molecule has 1 heterocycles. The molecule has 0 aliphatic carbocycles. The van der Waals surface area contributed by atoms with Crippen molar-refractivity contribution in [2.24, 2.45) is 0 Å². The number of nitrogens with zero attached hydrogens (tertiary/aromatic N) is 1. The second-order valence-electron chi connectivity index (χ2n) is 3.35. The third-order valence-corrected chi connectivity index (χ3v) is 3.34. The summed E-state index contributed by atoms with van der Waals surface area (Å²) in [4.78, 5) is 5.11. The average molecular weight is 251 g/mol. The van der Waals surface area contributed by atoms with E-state index in [4.69, 9.17) is 9.47 Å². The van der Waals surface area contributed by atoms with E-state index in [2.05, 4.69) is 4.98 Å². The van der Waals surface area contributed by atoms with Crippen molar-refractivity contribution in [3.63, 3.8) is 0 Å². The Kier molecular flexibility index (Phi) is 3.61. The SMILES string of the molecule is COc1cccc(-c2nc(OC)sc2CO)c1. The van der Waals surface area contributed by atoms with Crippen LogP contribution in [0, 0.1) is 0 Å². The zero-order valence-electron chi connectivity index (χ0n) is 9.64. The van der Waals surface area contributed by atoms with E-state index in [9.17, 15) is 5.11 Å². The summed E-state index contributed by atoms with van der Waals surface area (Å²) in [6, 6.07) is 7.57. The molecular formula is C12H13NO3S. The van der Waals surface area contributed by atoms with Crippen LogP contribution in [0.1, 0.15) is 4.88 Å². The number of hydrogen-bond donors (Lipinski definition) is 1. The molecule has 0 aliphatic rings. The van der Waals surface area contributed by atoms with E-state index in [1.54, 1.807) is 14.2 Å². The maximum Gasteiger partial charge on any atom is 0.273 e. The summed E-state index contributed by atoms with van der Waals surface area (Å²) in [5.41, 5.74) is 1.65. The van der Waals surface area contributed by atoms with Crippen molar-refractivity contribution in [2.75, 3.05) is 14.2 Å². The lowest BCUT2D eigenvalue weighted by Crippen LogP contribution is -1.88. The zero-order valence-corrected chi connectivity index (χ0v) is 10.5. The third kappa shape index (κ3) is 2.40. The van der Waals surface area contributed by atoms with E-state index >= 15 is 0 Å². The highest BCUT2D eigenvalue weighted by molar-refractivity contribution is 7.13. The van der Waals surface area contributed by atoms with Gasteiger partial charge in [-0.05, 0) is 12.1 Å². The van der Waals surface area contributed by atoms with Crippen LogP contribution in [-0.4, -0.2) is 24.3 Å². The van der Waals surface area contributed by atoms with Gasteiger partial charge in [-0.15, -0.1) is 0 Å². The topological polar surface area (TPSA) is 51.6 Å². The summed E-state index contributed by atoms with van der Waals surface area (Å²) in [7, 11) is 3.18. The number of rotatable bonds is 4. The third-order valence-electron chi connectivity index (χ3n) is 2.34. The van der Waals surface area contributed by atoms with Crippen LogP contribution in [0.2, 0.25) is 0 Å². The van der Waals surface area contributed by atoms with Crippen LogP contribution < -0.4 is 9.47 Å². The van der Waals surface area contributed by atoms with Crippen LogP contribution in [0.4, 0.5) is 0 Å². The van der Waals surface area contributed by atoms with Gasteiger partial charge in [0.2, 0.25) is 0 Å². The predicted molar refractivity (Wildman–Crippen MR) is 66.6 cm³/mol. The molecule has 5 heteroatoms. The number of aliphatic hydroxyl groups is 1. The fraction of sp³-hybridized carbons (Fsp3) is 0.250. The minimum absolute atomic E-state index is 0.0480. The molecule has 0 spiro atoms. The molecule has 90 valence electrons. The maximum absolute atomic E-state index is 9.30. The lowest BCUT2D eigenvalue weighted by atomic mass is 10.1. The number of benzene rings is 1. The maximum atomic E-state index is 9.30. The van der Waals surface area contributed by atoms with Crippen LogP contribution >= 0.6 is 11.3 Å². The molecule has 4 nitrogen and oxygen atoms in total. The fourth-order valence-electron chi connectivity index (χ4n) is 1.52. The summed E-state index contributed by atoms with van der Waals surface area (Å²) in [5, 5.41) is 9.85. The number of thiazole rings is 1. The van der Waals surface area contributed by atoms with Crippen LogP contribution in [0.3, 0.4) is 0 Å². The number of aliphatic hydroxyl groups excluding tert-OH is 1. The molecule has 0 saturated heterocycles. The Balaban J connectivity index is 2.47. The van der Waals surface area contributed by atoms with Gasteiger partial charge in [-0.2, -0.15) is 0 Å². The van der Waals surface area contributed by atoms with Gasteiger partial charge in [-0.25, -0.2) is 4.98 Å². The first-order valence-electron chi connectivity index (χ1n) is 5.07. The van der Waals surface area contributed by atoms with Crippen molar-refractivity contribution in [3.8, 4) is 22.2 Å². The van der Waals surface area contributed by atoms with Crippen LogP contribution in [0.5, 0.6) is 10.9 Å².